The molecule has 0 saturated carbocycles. The maximum Gasteiger partial charge on any atom is 0.408 e. The SMILES string of the molecule is CCOCCCN1CCC(NC(=O)OC(C)(C)C)(C(=O)O)C1. The van der Waals surface area contributed by atoms with Crippen molar-refractivity contribution in [3.8, 4) is 0 Å². The number of ether oxygens (including phenoxy) is 2. The van der Waals surface area contributed by atoms with Crippen molar-refractivity contribution < 1.29 is 24.2 Å². The second-order valence-corrected chi connectivity index (χ2v) is 6.59. The number of alkyl carbamates (subject to hydrolysis) is 1. The average Bonchev–Trinajstić information content (AvgIpc) is 2.77. The van der Waals surface area contributed by atoms with Crippen LogP contribution in [0.1, 0.15) is 40.5 Å². The third-order valence-electron chi connectivity index (χ3n) is 3.47. The lowest BCUT2D eigenvalue weighted by Gasteiger charge is -2.28. The molecule has 0 aromatic heterocycles. The van der Waals surface area contributed by atoms with Crippen LogP contribution >= 0.6 is 0 Å². The van der Waals surface area contributed by atoms with Crippen LogP contribution in [0.25, 0.3) is 0 Å². The van der Waals surface area contributed by atoms with Crippen LogP contribution in [0.4, 0.5) is 4.79 Å². The van der Waals surface area contributed by atoms with E-state index < -0.39 is 23.2 Å². The maximum atomic E-state index is 11.9. The molecular weight excluding hydrogens is 288 g/mol. The molecule has 7 nitrogen and oxygen atoms in total. The van der Waals surface area contributed by atoms with E-state index in [4.69, 9.17) is 9.47 Å². The van der Waals surface area contributed by atoms with E-state index in [0.29, 0.717) is 26.2 Å². The molecule has 0 aliphatic carbocycles. The van der Waals surface area contributed by atoms with E-state index in [2.05, 4.69) is 5.32 Å². The number of amides is 1. The molecule has 1 fully saturated rings. The van der Waals surface area contributed by atoms with Gasteiger partial charge in [-0.15, -0.1) is 0 Å². The highest BCUT2D eigenvalue weighted by atomic mass is 16.6. The molecule has 0 aromatic carbocycles. The van der Waals surface area contributed by atoms with E-state index in [1.54, 1.807) is 20.8 Å². The smallest absolute Gasteiger partial charge is 0.408 e. The summed E-state index contributed by atoms with van der Waals surface area (Å²) < 4.78 is 10.5. The first kappa shape index (κ1) is 18.7. The number of hydrogen-bond acceptors (Lipinski definition) is 5. The number of carboxylic acid groups (broad SMARTS) is 1. The van der Waals surface area contributed by atoms with Gasteiger partial charge in [0, 0.05) is 32.8 Å². The van der Waals surface area contributed by atoms with Crippen LogP contribution < -0.4 is 5.32 Å². The van der Waals surface area contributed by atoms with Crippen molar-refractivity contribution >= 4 is 12.1 Å². The molecule has 7 heteroatoms. The number of nitrogens with zero attached hydrogens (tertiary/aromatic N) is 1. The van der Waals surface area contributed by atoms with Gasteiger partial charge in [-0.05, 0) is 40.5 Å². The summed E-state index contributed by atoms with van der Waals surface area (Å²) in [5, 5.41) is 12.1. The zero-order valence-corrected chi connectivity index (χ0v) is 14.0. The van der Waals surface area contributed by atoms with Crippen molar-refractivity contribution in [1.29, 1.82) is 0 Å². The first-order valence-corrected chi connectivity index (χ1v) is 7.73. The lowest BCUT2D eigenvalue weighted by atomic mass is 9.99. The lowest BCUT2D eigenvalue weighted by Crippen LogP contribution is -2.57. The minimum atomic E-state index is -1.27. The summed E-state index contributed by atoms with van der Waals surface area (Å²) in [6.07, 6.45) is 0.526. The van der Waals surface area contributed by atoms with Crippen molar-refractivity contribution in [3.05, 3.63) is 0 Å². The molecular formula is C15H28N2O5. The van der Waals surface area contributed by atoms with Gasteiger partial charge in [-0.3, -0.25) is 0 Å². The molecule has 0 aromatic rings. The number of carbonyl (C=O) groups is 2. The average molecular weight is 316 g/mol. The molecule has 22 heavy (non-hydrogen) atoms. The van der Waals surface area contributed by atoms with Crippen molar-refractivity contribution in [2.45, 2.75) is 51.7 Å². The van der Waals surface area contributed by atoms with Crippen LogP contribution in [0.5, 0.6) is 0 Å². The number of carbonyl (C=O) groups excluding carboxylic acids is 1. The topological polar surface area (TPSA) is 88.1 Å². The summed E-state index contributed by atoms with van der Waals surface area (Å²) >= 11 is 0. The van der Waals surface area contributed by atoms with Crippen molar-refractivity contribution in [1.82, 2.24) is 10.2 Å². The molecule has 1 aliphatic heterocycles. The Labute approximate surface area is 131 Å². The van der Waals surface area contributed by atoms with Crippen LogP contribution in [0, 0.1) is 0 Å². The van der Waals surface area contributed by atoms with Gasteiger partial charge in [-0.1, -0.05) is 0 Å². The van der Waals surface area contributed by atoms with Gasteiger partial charge in [0.2, 0.25) is 0 Å². The summed E-state index contributed by atoms with van der Waals surface area (Å²) in [5.74, 6) is -1.02. The van der Waals surface area contributed by atoms with Gasteiger partial charge in [0.05, 0.1) is 0 Å². The zero-order valence-electron chi connectivity index (χ0n) is 14.0. The molecule has 2 N–H and O–H groups in total. The normalized spacial score (nSPS) is 22.5. The van der Waals surface area contributed by atoms with E-state index in [9.17, 15) is 14.7 Å². The third kappa shape index (κ3) is 5.81. The number of likely N-dealkylation sites (tertiary alicyclic amines) is 1. The molecule has 0 radical (unpaired) electrons. The number of nitrogens with one attached hydrogen (secondary N) is 1. The quantitative estimate of drug-likeness (QED) is 0.692. The Kier molecular flexibility index (Phi) is 6.62. The molecule has 0 spiro atoms. The first-order chi connectivity index (χ1) is 10.2. The Morgan fingerprint density at radius 1 is 1.36 bits per heavy atom. The highest BCUT2D eigenvalue weighted by Crippen LogP contribution is 2.23. The molecule has 1 saturated heterocycles. The van der Waals surface area contributed by atoms with Crippen molar-refractivity contribution in [2.75, 3.05) is 32.8 Å². The van der Waals surface area contributed by atoms with E-state index in [1.807, 2.05) is 11.8 Å². The molecule has 0 bridgehead atoms. The molecule has 1 heterocycles. The molecule has 1 rings (SSSR count). The Hall–Kier alpha value is -1.34. The highest BCUT2D eigenvalue weighted by Gasteiger charge is 2.46. The van der Waals surface area contributed by atoms with Crippen molar-refractivity contribution in [2.24, 2.45) is 0 Å². The van der Waals surface area contributed by atoms with E-state index in [1.165, 1.54) is 0 Å². The maximum absolute atomic E-state index is 11.9. The van der Waals surface area contributed by atoms with E-state index >= 15 is 0 Å². The highest BCUT2D eigenvalue weighted by molar-refractivity contribution is 5.85. The zero-order chi connectivity index (χ0) is 16.8. The number of rotatable bonds is 7. The number of hydrogen-bond donors (Lipinski definition) is 2. The fourth-order valence-corrected chi connectivity index (χ4v) is 2.44. The molecule has 1 atom stereocenters. The molecule has 1 aliphatic rings. The van der Waals surface area contributed by atoms with Gasteiger partial charge in [-0.2, -0.15) is 0 Å². The standard InChI is InChI=1S/C15H28N2O5/c1-5-21-10-6-8-17-9-7-15(11-17,12(18)19)16-13(20)22-14(2,3)4/h5-11H2,1-4H3,(H,16,20)(H,18,19). The van der Waals surface area contributed by atoms with Crippen molar-refractivity contribution in [3.63, 3.8) is 0 Å². The third-order valence-corrected chi connectivity index (χ3v) is 3.47. The van der Waals surface area contributed by atoms with Gasteiger partial charge in [0.25, 0.3) is 0 Å². The Bertz CT molecular complexity index is 394. The van der Waals surface area contributed by atoms with Crippen LogP contribution in [-0.4, -0.2) is 66.1 Å². The van der Waals surface area contributed by atoms with Gasteiger partial charge in [-0.25, -0.2) is 9.59 Å². The monoisotopic (exact) mass is 316 g/mol. The van der Waals surface area contributed by atoms with Crippen LogP contribution in [0.15, 0.2) is 0 Å². The summed E-state index contributed by atoms with van der Waals surface area (Å²) in [6.45, 7) is 10.2. The summed E-state index contributed by atoms with van der Waals surface area (Å²) in [7, 11) is 0. The Morgan fingerprint density at radius 3 is 2.59 bits per heavy atom. The second-order valence-electron chi connectivity index (χ2n) is 6.59. The fourth-order valence-electron chi connectivity index (χ4n) is 2.44. The second kappa shape index (κ2) is 7.78. The predicted molar refractivity (Wildman–Crippen MR) is 81.9 cm³/mol. The predicted octanol–water partition coefficient (Wildman–Crippen LogP) is 1.47. The van der Waals surface area contributed by atoms with E-state index in [-0.39, 0.29) is 6.54 Å². The summed E-state index contributed by atoms with van der Waals surface area (Å²) in [6, 6.07) is 0. The Balaban J connectivity index is 2.55. The van der Waals surface area contributed by atoms with Gasteiger partial charge >= 0.3 is 12.1 Å². The van der Waals surface area contributed by atoms with Crippen LogP contribution in [0.3, 0.4) is 0 Å². The molecule has 1 unspecified atom stereocenters. The van der Waals surface area contributed by atoms with E-state index in [0.717, 1.165) is 13.0 Å². The molecule has 1 amide bonds. The van der Waals surface area contributed by atoms with Crippen LogP contribution in [-0.2, 0) is 14.3 Å². The minimum absolute atomic E-state index is 0.285. The fraction of sp³-hybridized carbons (Fsp3) is 0.867. The molecule has 128 valence electrons. The lowest BCUT2D eigenvalue weighted by molar-refractivity contribution is -0.144. The summed E-state index contributed by atoms with van der Waals surface area (Å²) in [5.41, 5.74) is -1.92. The summed E-state index contributed by atoms with van der Waals surface area (Å²) in [4.78, 5) is 25.6. The number of carboxylic acids is 1. The van der Waals surface area contributed by atoms with Gasteiger partial charge in [0.1, 0.15) is 5.60 Å². The largest absolute Gasteiger partial charge is 0.479 e. The first-order valence-electron chi connectivity index (χ1n) is 7.73. The Morgan fingerprint density at radius 2 is 2.05 bits per heavy atom. The minimum Gasteiger partial charge on any atom is -0.479 e. The van der Waals surface area contributed by atoms with Crippen LogP contribution in [0.2, 0.25) is 0 Å². The number of aliphatic carboxylic acids is 1. The van der Waals surface area contributed by atoms with Gasteiger partial charge in [0.15, 0.2) is 5.54 Å². The van der Waals surface area contributed by atoms with Gasteiger partial charge < -0.3 is 24.8 Å².